The zero-order chi connectivity index (χ0) is 19.5. The van der Waals surface area contributed by atoms with Gasteiger partial charge < -0.3 is 24.3 Å². The van der Waals surface area contributed by atoms with E-state index in [1.807, 2.05) is 18.2 Å². The van der Waals surface area contributed by atoms with Gasteiger partial charge in [0, 0.05) is 6.07 Å². The van der Waals surface area contributed by atoms with E-state index in [2.05, 4.69) is 12.2 Å². The first-order chi connectivity index (χ1) is 13.7. The van der Waals surface area contributed by atoms with Crippen LogP contribution < -0.4 is 24.3 Å². The highest BCUT2D eigenvalue weighted by molar-refractivity contribution is 6.34. The van der Waals surface area contributed by atoms with Gasteiger partial charge in [0.2, 0.25) is 0 Å². The Labute approximate surface area is 168 Å². The van der Waals surface area contributed by atoms with Crippen LogP contribution in [0.2, 0.25) is 5.02 Å². The number of halogens is 1. The third-order valence-electron chi connectivity index (χ3n) is 4.73. The van der Waals surface area contributed by atoms with Crippen molar-refractivity contribution in [2.45, 2.75) is 25.8 Å². The molecule has 1 N–H and O–H groups in total. The molecule has 2 aliphatic rings. The van der Waals surface area contributed by atoms with Crippen molar-refractivity contribution in [2.75, 3.05) is 26.4 Å². The van der Waals surface area contributed by atoms with Crippen LogP contribution in [0, 0.1) is 0 Å². The second-order valence-corrected chi connectivity index (χ2v) is 7.10. The summed E-state index contributed by atoms with van der Waals surface area (Å²) < 4.78 is 22.3. The number of rotatable bonds is 5. The Kier molecular flexibility index (Phi) is 5.48. The molecule has 4 rings (SSSR count). The smallest absolute Gasteiger partial charge is 0.253 e. The van der Waals surface area contributed by atoms with Crippen LogP contribution in [0.25, 0.3) is 0 Å². The van der Waals surface area contributed by atoms with Crippen molar-refractivity contribution in [3.63, 3.8) is 0 Å². The number of hydrogen-bond acceptors (Lipinski definition) is 5. The summed E-state index contributed by atoms with van der Waals surface area (Å²) in [6, 6.07) is 8.87. The van der Waals surface area contributed by atoms with Gasteiger partial charge >= 0.3 is 0 Å². The highest BCUT2D eigenvalue weighted by atomic mass is 35.5. The van der Waals surface area contributed by atoms with Gasteiger partial charge in [-0.05, 0) is 30.2 Å². The molecule has 6 nitrogen and oxygen atoms in total. The monoisotopic (exact) mass is 403 g/mol. The van der Waals surface area contributed by atoms with Crippen LogP contribution in [0.1, 0.15) is 41.7 Å². The summed E-state index contributed by atoms with van der Waals surface area (Å²) in [6.07, 6.45) is 1.70. The predicted octanol–water partition coefficient (Wildman–Crippen LogP) is 4.15. The fraction of sp³-hybridized carbons (Fsp3) is 0.381. The maximum atomic E-state index is 13.0. The van der Waals surface area contributed by atoms with Crippen LogP contribution in [0.5, 0.6) is 23.0 Å². The summed E-state index contributed by atoms with van der Waals surface area (Å²) in [5.41, 5.74) is 1.33. The lowest BCUT2D eigenvalue weighted by Crippen LogP contribution is -2.29. The van der Waals surface area contributed by atoms with E-state index in [0.717, 1.165) is 24.2 Å². The minimum Gasteiger partial charge on any atom is -0.486 e. The Morgan fingerprint density at radius 2 is 1.57 bits per heavy atom. The first-order valence-electron chi connectivity index (χ1n) is 9.45. The number of benzene rings is 2. The largest absolute Gasteiger partial charge is 0.486 e. The van der Waals surface area contributed by atoms with Gasteiger partial charge in [0.05, 0.1) is 16.6 Å². The molecule has 0 spiro atoms. The third-order valence-corrected chi connectivity index (χ3v) is 5.04. The average molecular weight is 404 g/mol. The fourth-order valence-electron chi connectivity index (χ4n) is 3.36. The first-order valence-corrected chi connectivity index (χ1v) is 9.83. The second-order valence-electron chi connectivity index (χ2n) is 6.69. The van der Waals surface area contributed by atoms with E-state index < -0.39 is 0 Å². The molecule has 1 unspecified atom stereocenters. The SMILES string of the molecule is CCCC(NC(=O)c1cc2c(cc1Cl)OCCO2)c1ccc2c(c1)OCCO2. The molecule has 2 heterocycles. The van der Waals surface area contributed by atoms with Crippen LogP contribution in [0.15, 0.2) is 30.3 Å². The van der Waals surface area contributed by atoms with Gasteiger partial charge in [0.1, 0.15) is 26.4 Å². The Morgan fingerprint density at radius 1 is 0.964 bits per heavy atom. The number of nitrogens with one attached hydrogen (secondary N) is 1. The maximum absolute atomic E-state index is 13.0. The summed E-state index contributed by atoms with van der Waals surface area (Å²) >= 11 is 6.32. The van der Waals surface area contributed by atoms with Crippen molar-refractivity contribution in [1.29, 1.82) is 0 Å². The zero-order valence-electron chi connectivity index (χ0n) is 15.6. The molecule has 148 valence electrons. The normalized spacial score (nSPS) is 15.6. The molecule has 2 aromatic rings. The Bertz CT molecular complexity index is 885. The quantitative estimate of drug-likeness (QED) is 0.812. The molecule has 1 amide bonds. The number of fused-ring (bicyclic) bond motifs is 2. The number of hydrogen-bond donors (Lipinski definition) is 1. The van der Waals surface area contributed by atoms with Gasteiger partial charge in [-0.3, -0.25) is 4.79 Å². The van der Waals surface area contributed by atoms with Crippen LogP contribution in [-0.4, -0.2) is 32.3 Å². The number of ether oxygens (including phenoxy) is 4. The molecule has 28 heavy (non-hydrogen) atoms. The fourth-order valence-corrected chi connectivity index (χ4v) is 3.60. The van der Waals surface area contributed by atoms with E-state index >= 15 is 0 Å². The summed E-state index contributed by atoms with van der Waals surface area (Å²) in [4.78, 5) is 13.0. The maximum Gasteiger partial charge on any atom is 0.253 e. The lowest BCUT2D eigenvalue weighted by molar-refractivity contribution is 0.0933. The summed E-state index contributed by atoms with van der Waals surface area (Å²) in [5, 5.41) is 3.42. The number of amides is 1. The van der Waals surface area contributed by atoms with Gasteiger partial charge in [0.25, 0.3) is 5.91 Å². The molecular weight excluding hydrogens is 382 g/mol. The van der Waals surface area contributed by atoms with Crippen LogP contribution >= 0.6 is 11.6 Å². The Balaban J connectivity index is 1.57. The molecule has 7 heteroatoms. The van der Waals surface area contributed by atoms with Crippen molar-refractivity contribution in [3.8, 4) is 23.0 Å². The van der Waals surface area contributed by atoms with Gasteiger partial charge in [-0.15, -0.1) is 0 Å². The minimum absolute atomic E-state index is 0.169. The topological polar surface area (TPSA) is 66.0 Å². The summed E-state index contributed by atoms with van der Waals surface area (Å²) in [5.74, 6) is 2.27. The molecule has 2 aromatic carbocycles. The molecule has 0 aliphatic carbocycles. The Morgan fingerprint density at radius 3 is 2.25 bits per heavy atom. The van der Waals surface area contributed by atoms with Crippen molar-refractivity contribution in [3.05, 3.63) is 46.5 Å². The molecular formula is C21H22ClNO5. The lowest BCUT2D eigenvalue weighted by atomic mass is 10.0. The molecule has 0 fully saturated rings. The predicted molar refractivity (Wildman–Crippen MR) is 105 cm³/mol. The van der Waals surface area contributed by atoms with Crippen molar-refractivity contribution >= 4 is 17.5 Å². The molecule has 0 radical (unpaired) electrons. The van der Waals surface area contributed by atoms with E-state index in [0.29, 0.717) is 54.3 Å². The second kappa shape index (κ2) is 8.19. The van der Waals surface area contributed by atoms with E-state index in [4.69, 9.17) is 30.5 Å². The van der Waals surface area contributed by atoms with E-state index in [-0.39, 0.29) is 11.9 Å². The third kappa shape index (κ3) is 3.83. The molecule has 1 atom stereocenters. The lowest BCUT2D eigenvalue weighted by Gasteiger charge is -2.24. The zero-order valence-corrected chi connectivity index (χ0v) is 16.4. The van der Waals surface area contributed by atoms with Gasteiger partial charge in [0.15, 0.2) is 23.0 Å². The highest BCUT2D eigenvalue weighted by Gasteiger charge is 2.23. The van der Waals surface area contributed by atoms with Gasteiger partial charge in [-0.2, -0.15) is 0 Å². The minimum atomic E-state index is -0.254. The summed E-state index contributed by atoms with van der Waals surface area (Å²) in [7, 11) is 0. The molecule has 0 bridgehead atoms. The Hall–Kier alpha value is -2.60. The molecule has 0 saturated heterocycles. The molecule has 0 aromatic heterocycles. The van der Waals surface area contributed by atoms with E-state index in [1.165, 1.54) is 0 Å². The standard InChI is InChI=1S/C21H22ClNO5/c1-2-3-16(13-4-5-17-18(10-13)26-7-6-25-17)23-21(24)14-11-19-20(12-15(14)22)28-9-8-27-19/h4-5,10-12,16H,2-3,6-9H2,1H3,(H,23,24). The van der Waals surface area contributed by atoms with Gasteiger partial charge in [-0.25, -0.2) is 0 Å². The van der Waals surface area contributed by atoms with Crippen molar-refractivity contribution < 1.29 is 23.7 Å². The highest BCUT2D eigenvalue weighted by Crippen LogP contribution is 2.36. The van der Waals surface area contributed by atoms with Crippen LogP contribution in [0.3, 0.4) is 0 Å². The van der Waals surface area contributed by atoms with Crippen molar-refractivity contribution in [1.82, 2.24) is 5.32 Å². The number of carbonyl (C=O) groups excluding carboxylic acids is 1. The molecule has 0 saturated carbocycles. The first kappa shape index (κ1) is 18.7. The average Bonchev–Trinajstić information content (AvgIpc) is 2.72. The van der Waals surface area contributed by atoms with Gasteiger partial charge in [-0.1, -0.05) is 31.0 Å². The van der Waals surface area contributed by atoms with E-state index in [9.17, 15) is 4.79 Å². The van der Waals surface area contributed by atoms with Crippen LogP contribution in [-0.2, 0) is 0 Å². The number of carbonyl (C=O) groups is 1. The molecule has 2 aliphatic heterocycles. The van der Waals surface area contributed by atoms with Crippen molar-refractivity contribution in [2.24, 2.45) is 0 Å². The van der Waals surface area contributed by atoms with E-state index in [1.54, 1.807) is 12.1 Å². The summed E-state index contributed by atoms with van der Waals surface area (Å²) in [6.45, 7) is 4.06. The van der Waals surface area contributed by atoms with Crippen LogP contribution in [0.4, 0.5) is 0 Å².